The van der Waals surface area contributed by atoms with Gasteiger partial charge >= 0.3 is 11.9 Å². The summed E-state index contributed by atoms with van der Waals surface area (Å²) < 4.78 is 9.90. The molecule has 1 aliphatic rings. The van der Waals surface area contributed by atoms with Crippen molar-refractivity contribution in [3.05, 3.63) is 36.0 Å². The molecule has 0 amide bonds. The molecule has 0 saturated heterocycles. The summed E-state index contributed by atoms with van der Waals surface area (Å²) in [6.07, 6.45) is 11.1. The fourth-order valence-electron chi connectivity index (χ4n) is 2.06. The molecule has 0 aliphatic heterocycles. The lowest BCUT2D eigenvalue weighted by Gasteiger charge is -2.27. The van der Waals surface area contributed by atoms with Crippen LogP contribution in [0, 0.1) is 5.41 Å². The van der Waals surface area contributed by atoms with Crippen molar-refractivity contribution in [3.8, 4) is 0 Å². The third kappa shape index (κ3) is 4.08. The topological polar surface area (TPSA) is 52.6 Å². The molecule has 1 atom stereocenters. The number of carbonyl (C=O) groups is 2. The highest BCUT2D eigenvalue weighted by Gasteiger charge is 2.29. The average Bonchev–Trinajstić information content (AvgIpc) is 2.46. The molecule has 4 heteroatoms. The zero-order chi connectivity index (χ0) is 15.0. The molecule has 4 nitrogen and oxygen atoms in total. The number of hydrogen-bond acceptors (Lipinski definition) is 4. The maximum absolute atomic E-state index is 12.0. The van der Waals surface area contributed by atoms with E-state index in [0.717, 1.165) is 12.8 Å². The lowest BCUT2D eigenvalue weighted by molar-refractivity contribution is -0.146. The van der Waals surface area contributed by atoms with Crippen LogP contribution < -0.4 is 0 Å². The first kappa shape index (κ1) is 16.2. The fourth-order valence-corrected chi connectivity index (χ4v) is 2.06. The van der Waals surface area contributed by atoms with Crippen molar-refractivity contribution in [2.75, 3.05) is 13.2 Å². The molecule has 1 aliphatic carbocycles. The standard InChI is InChI=1S/C16H22O4/c1-4-16(10-8-7-9-11-16)12-13(14(17)19-5-2)15(18)20-6-3/h7-10,12H,4-6,11H2,1-3H3. The Morgan fingerprint density at radius 1 is 1.10 bits per heavy atom. The second-order valence-electron chi connectivity index (χ2n) is 4.58. The van der Waals surface area contributed by atoms with E-state index < -0.39 is 11.9 Å². The third-order valence-corrected chi connectivity index (χ3v) is 3.25. The smallest absolute Gasteiger partial charge is 0.345 e. The molecule has 0 saturated carbocycles. The highest BCUT2D eigenvalue weighted by molar-refractivity contribution is 6.14. The fraction of sp³-hybridized carbons (Fsp3) is 0.500. The number of hydrogen-bond donors (Lipinski definition) is 0. The van der Waals surface area contributed by atoms with Gasteiger partial charge in [-0.2, -0.15) is 0 Å². The first-order valence-corrected chi connectivity index (χ1v) is 7.00. The van der Waals surface area contributed by atoms with Gasteiger partial charge in [-0.1, -0.05) is 37.3 Å². The summed E-state index contributed by atoms with van der Waals surface area (Å²) in [5.41, 5.74) is -0.348. The quantitative estimate of drug-likeness (QED) is 0.324. The van der Waals surface area contributed by atoms with Crippen LogP contribution in [0.5, 0.6) is 0 Å². The minimum atomic E-state index is -0.623. The van der Waals surface area contributed by atoms with Crippen molar-refractivity contribution >= 4 is 11.9 Å². The van der Waals surface area contributed by atoms with Crippen LogP contribution in [0.25, 0.3) is 0 Å². The average molecular weight is 278 g/mol. The SMILES string of the molecule is CCOC(=O)C(=CC1(CC)C=CC=CC1)C(=O)OCC. The lowest BCUT2D eigenvalue weighted by atomic mass is 9.78. The minimum Gasteiger partial charge on any atom is -0.462 e. The van der Waals surface area contributed by atoms with Crippen molar-refractivity contribution in [1.29, 1.82) is 0 Å². The number of allylic oxidation sites excluding steroid dienone is 5. The van der Waals surface area contributed by atoms with E-state index in [1.165, 1.54) is 0 Å². The molecule has 20 heavy (non-hydrogen) atoms. The molecule has 0 radical (unpaired) electrons. The molecule has 0 aromatic heterocycles. The molecule has 1 rings (SSSR count). The molecular formula is C16H22O4. The highest BCUT2D eigenvalue weighted by atomic mass is 16.6. The number of ether oxygens (including phenoxy) is 2. The van der Waals surface area contributed by atoms with Gasteiger partial charge in [-0.05, 0) is 26.7 Å². The highest BCUT2D eigenvalue weighted by Crippen LogP contribution is 2.34. The van der Waals surface area contributed by atoms with Crippen LogP contribution in [0.4, 0.5) is 0 Å². The van der Waals surface area contributed by atoms with Gasteiger partial charge < -0.3 is 9.47 Å². The Morgan fingerprint density at radius 3 is 2.10 bits per heavy atom. The van der Waals surface area contributed by atoms with E-state index in [4.69, 9.17) is 9.47 Å². The molecule has 0 heterocycles. The van der Waals surface area contributed by atoms with Crippen molar-refractivity contribution in [1.82, 2.24) is 0 Å². The first-order valence-electron chi connectivity index (χ1n) is 7.00. The summed E-state index contributed by atoms with van der Waals surface area (Å²) in [6, 6.07) is 0. The van der Waals surface area contributed by atoms with E-state index in [-0.39, 0.29) is 24.2 Å². The van der Waals surface area contributed by atoms with E-state index >= 15 is 0 Å². The predicted octanol–water partition coefficient (Wildman–Crippen LogP) is 2.95. The van der Waals surface area contributed by atoms with E-state index in [2.05, 4.69) is 0 Å². The third-order valence-electron chi connectivity index (χ3n) is 3.25. The van der Waals surface area contributed by atoms with Gasteiger partial charge in [-0.3, -0.25) is 0 Å². The Morgan fingerprint density at radius 2 is 1.70 bits per heavy atom. The molecule has 0 spiro atoms. The zero-order valence-electron chi connectivity index (χ0n) is 12.3. The van der Waals surface area contributed by atoms with Gasteiger partial charge in [0.25, 0.3) is 0 Å². The molecule has 0 aromatic rings. The summed E-state index contributed by atoms with van der Waals surface area (Å²) in [6.45, 7) is 5.89. The van der Waals surface area contributed by atoms with Gasteiger partial charge in [-0.15, -0.1) is 0 Å². The van der Waals surface area contributed by atoms with E-state index in [9.17, 15) is 9.59 Å². The van der Waals surface area contributed by atoms with Crippen LogP contribution in [0.3, 0.4) is 0 Å². The second-order valence-corrected chi connectivity index (χ2v) is 4.58. The van der Waals surface area contributed by atoms with Gasteiger partial charge in [0.15, 0.2) is 0 Å². The Bertz CT molecular complexity index is 425. The summed E-state index contributed by atoms with van der Waals surface area (Å²) >= 11 is 0. The van der Waals surface area contributed by atoms with Gasteiger partial charge in [-0.25, -0.2) is 9.59 Å². The van der Waals surface area contributed by atoms with Crippen LogP contribution in [0.2, 0.25) is 0 Å². The molecule has 110 valence electrons. The Hall–Kier alpha value is -1.84. The first-order chi connectivity index (χ1) is 9.58. The summed E-state index contributed by atoms with van der Waals surface area (Å²) in [4.78, 5) is 23.9. The van der Waals surface area contributed by atoms with E-state index in [1.807, 2.05) is 31.2 Å². The number of esters is 2. The molecule has 0 fully saturated rings. The van der Waals surface area contributed by atoms with E-state index in [1.54, 1.807) is 19.9 Å². The monoisotopic (exact) mass is 278 g/mol. The molecule has 0 bridgehead atoms. The summed E-state index contributed by atoms with van der Waals surface area (Å²) in [7, 11) is 0. The van der Waals surface area contributed by atoms with Gasteiger partial charge in [0.1, 0.15) is 5.57 Å². The Kier molecular flexibility index (Phi) is 6.22. The maximum atomic E-state index is 12.0. The van der Waals surface area contributed by atoms with Crippen molar-refractivity contribution in [3.63, 3.8) is 0 Å². The Labute approximate surface area is 120 Å². The van der Waals surface area contributed by atoms with Crippen LogP contribution in [-0.4, -0.2) is 25.2 Å². The second kappa shape index (κ2) is 7.68. The van der Waals surface area contributed by atoms with Crippen LogP contribution in [0.1, 0.15) is 33.6 Å². The van der Waals surface area contributed by atoms with E-state index in [0.29, 0.717) is 0 Å². The lowest BCUT2D eigenvalue weighted by Crippen LogP contribution is -2.23. The summed E-state index contributed by atoms with van der Waals surface area (Å²) in [5.74, 6) is -1.25. The predicted molar refractivity (Wildman–Crippen MR) is 77.0 cm³/mol. The largest absolute Gasteiger partial charge is 0.462 e. The zero-order valence-corrected chi connectivity index (χ0v) is 12.3. The van der Waals surface area contributed by atoms with Crippen LogP contribution >= 0.6 is 0 Å². The van der Waals surface area contributed by atoms with Crippen LogP contribution in [-0.2, 0) is 19.1 Å². The molecular weight excluding hydrogens is 256 g/mol. The molecule has 1 unspecified atom stereocenters. The number of carbonyl (C=O) groups excluding carboxylic acids is 2. The maximum Gasteiger partial charge on any atom is 0.345 e. The van der Waals surface area contributed by atoms with Crippen molar-refractivity contribution in [2.24, 2.45) is 5.41 Å². The van der Waals surface area contributed by atoms with Crippen LogP contribution in [0.15, 0.2) is 36.0 Å². The van der Waals surface area contributed by atoms with Crippen molar-refractivity contribution in [2.45, 2.75) is 33.6 Å². The normalized spacial score (nSPS) is 20.4. The van der Waals surface area contributed by atoms with Gasteiger partial charge in [0.05, 0.1) is 13.2 Å². The number of rotatable bonds is 6. The molecule has 0 aromatic carbocycles. The van der Waals surface area contributed by atoms with Crippen molar-refractivity contribution < 1.29 is 19.1 Å². The molecule has 0 N–H and O–H groups in total. The van der Waals surface area contributed by atoms with Gasteiger partial charge in [0.2, 0.25) is 0 Å². The Balaban J connectivity index is 3.10. The summed E-state index contributed by atoms with van der Waals surface area (Å²) in [5, 5.41) is 0. The minimum absolute atomic E-state index is 0.0181. The van der Waals surface area contributed by atoms with Gasteiger partial charge in [0, 0.05) is 5.41 Å².